The summed E-state index contributed by atoms with van der Waals surface area (Å²) in [5.41, 5.74) is 0. The van der Waals surface area contributed by atoms with E-state index < -0.39 is 9.84 Å². The Hall–Kier alpha value is -0.130. The van der Waals surface area contributed by atoms with Gasteiger partial charge in [0.25, 0.3) is 0 Å². The van der Waals surface area contributed by atoms with E-state index in [1.165, 1.54) is 7.11 Å². The van der Waals surface area contributed by atoms with Gasteiger partial charge in [-0.15, -0.1) is 0 Å². The lowest BCUT2D eigenvalue weighted by Crippen LogP contribution is -2.43. The van der Waals surface area contributed by atoms with Gasteiger partial charge in [-0.1, -0.05) is 13.8 Å². The number of rotatable bonds is 8. The molecule has 5 heteroatoms. The Morgan fingerprint density at radius 1 is 1.33 bits per heavy atom. The highest BCUT2D eigenvalue weighted by Crippen LogP contribution is 2.10. The molecule has 0 amide bonds. The maximum absolute atomic E-state index is 11.8. The molecule has 92 valence electrons. The zero-order valence-electron chi connectivity index (χ0n) is 10.1. The van der Waals surface area contributed by atoms with Crippen molar-refractivity contribution in [3.05, 3.63) is 0 Å². The van der Waals surface area contributed by atoms with Gasteiger partial charge < -0.3 is 10.1 Å². The Morgan fingerprint density at radius 3 is 2.33 bits per heavy atom. The van der Waals surface area contributed by atoms with Crippen LogP contribution in [0.3, 0.4) is 0 Å². The Bertz CT molecular complexity index is 251. The summed E-state index contributed by atoms with van der Waals surface area (Å²) < 4.78 is 28.5. The molecule has 2 unspecified atom stereocenters. The van der Waals surface area contributed by atoms with Crippen molar-refractivity contribution >= 4 is 9.84 Å². The summed E-state index contributed by atoms with van der Waals surface area (Å²) in [6.45, 7) is 6.81. The molecule has 0 bridgehead atoms. The van der Waals surface area contributed by atoms with E-state index in [2.05, 4.69) is 5.32 Å². The van der Waals surface area contributed by atoms with Crippen molar-refractivity contribution in [3.8, 4) is 0 Å². The summed E-state index contributed by atoms with van der Waals surface area (Å²) >= 11 is 0. The molecule has 2 atom stereocenters. The smallest absolute Gasteiger partial charge is 0.156 e. The molecule has 0 radical (unpaired) electrons. The molecular weight excluding hydrogens is 214 g/mol. The van der Waals surface area contributed by atoms with Crippen molar-refractivity contribution in [2.24, 2.45) is 0 Å². The molecule has 0 aliphatic heterocycles. The summed E-state index contributed by atoms with van der Waals surface area (Å²) in [4.78, 5) is 0. The second-order valence-electron chi connectivity index (χ2n) is 3.64. The van der Waals surface area contributed by atoms with Gasteiger partial charge in [-0.05, 0) is 19.9 Å². The Kier molecular flexibility index (Phi) is 7.13. The lowest BCUT2D eigenvalue weighted by atomic mass is 10.2. The predicted molar refractivity (Wildman–Crippen MR) is 62.9 cm³/mol. The first-order chi connectivity index (χ1) is 6.99. The molecule has 0 aromatic heterocycles. The lowest BCUT2D eigenvalue weighted by molar-refractivity contribution is 0.216. The average Bonchev–Trinajstić information content (AvgIpc) is 2.22. The van der Waals surface area contributed by atoms with E-state index in [1.54, 1.807) is 6.92 Å². The topological polar surface area (TPSA) is 55.4 Å². The van der Waals surface area contributed by atoms with Gasteiger partial charge in [0.1, 0.15) is 0 Å². The highest BCUT2D eigenvalue weighted by molar-refractivity contribution is 7.92. The largest absolute Gasteiger partial charge is 0.384 e. The standard InChI is InChI=1S/C10H23NO3S/c1-5-10(11-6-2)9(3)15(12,13)8-7-14-4/h9-11H,5-8H2,1-4H3. The van der Waals surface area contributed by atoms with Gasteiger partial charge in [0.15, 0.2) is 9.84 Å². The fraction of sp³-hybridized carbons (Fsp3) is 1.00. The molecule has 4 nitrogen and oxygen atoms in total. The van der Waals surface area contributed by atoms with Crippen LogP contribution < -0.4 is 5.32 Å². The number of nitrogens with one attached hydrogen (secondary N) is 1. The van der Waals surface area contributed by atoms with Gasteiger partial charge in [-0.2, -0.15) is 0 Å². The van der Waals surface area contributed by atoms with Crippen LogP contribution in [0.15, 0.2) is 0 Å². The van der Waals surface area contributed by atoms with Crippen molar-refractivity contribution in [2.75, 3.05) is 26.0 Å². The van der Waals surface area contributed by atoms with E-state index in [-0.39, 0.29) is 23.7 Å². The molecule has 0 rings (SSSR count). The average molecular weight is 237 g/mol. The van der Waals surface area contributed by atoms with E-state index >= 15 is 0 Å². The van der Waals surface area contributed by atoms with Crippen molar-refractivity contribution in [1.29, 1.82) is 0 Å². The third kappa shape index (κ3) is 4.95. The molecule has 15 heavy (non-hydrogen) atoms. The number of ether oxygens (including phenoxy) is 1. The van der Waals surface area contributed by atoms with Gasteiger partial charge in [0.2, 0.25) is 0 Å². The van der Waals surface area contributed by atoms with E-state index in [1.807, 2.05) is 13.8 Å². The van der Waals surface area contributed by atoms with E-state index in [0.29, 0.717) is 0 Å². The Balaban J connectivity index is 4.43. The molecule has 0 saturated carbocycles. The highest BCUT2D eigenvalue weighted by atomic mass is 32.2. The highest BCUT2D eigenvalue weighted by Gasteiger charge is 2.27. The van der Waals surface area contributed by atoms with Gasteiger partial charge >= 0.3 is 0 Å². The van der Waals surface area contributed by atoms with Gasteiger partial charge in [0.05, 0.1) is 17.6 Å². The van der Waals surface area contributed by atoms with Crippen LogP contribution in [0.5, 0.6) is 0 Å². The van der Waals surface area contributed by atoms with Crippen molar-refractivity contribution < 1.29 is 13.2 Å². The van der Waals surface area contributed by atoms with Gasteiger partial charge in [0, 0.05) is 13.2 Å². The van der Waals surface area contributed by atoms with Crippen LogP contribution in [0.4, 0.5) is 0 Å². The zero-order valence-corrected chi connectivity index (χ0v) is 10.9. The molecule has 1 N–H and O–H groups in total. The third-order valence-electron chi connectivity index (χ3n) is 2.61. The molecule has 0 aromatic rings. The summed E-state index contributed by atoms with van der Waals surface area (Å²) in [7, 11) is -1.53. The maximum atomic E-state index is 11.8. The van der Waals surface area contributed by atoms with E-state index in [4.69, 9.17) is 4.74 Å². The first-order valence-corrected chi connectivity index (χ1v) is 7.15. The minimum atomic E-state index is -3.04. The number of hydrogen-bond acceptors (Lipinski definition) is 4. The second kappa shape index (κ2) is 7.19. The molecular formula is C10H23NO3S. The first-order valence-electron chi connectivity index (χ1n) is 5.43. The lowest BCUT2D eigenvalue weighted by Gasteiger charge is -2.23. The Morgan fingerprint density at radius 2 is 1.93 bits per heavy atom. The minimum Gasteiger partial charge on any atom is -0.384 e. The van der Waals surface area contributed by atoms with Crippen molar-refractivity contribution in [1.82, 2.24) is 5.32 Å². The SMILES string of the molecule is CCNC(CC)C(C)S(=O)(=O)CCOC. The van der Waals surface area contributed by atoms with Gasteiger partial charge in [-0.25, -0.2) is 8.42 Å². The van der Waals surface area contributed by atoms with E-state index in [0.717, 1.165) is 13.0 Å². The molecule has 0 aliphatic carbocycles. The molecule has 0 fully saturated rings. The number of methoxy groups -OCH3 is 1. The summed E-state index contributed by atoms with van der Waals surface area (Å²) in [5.74, 6) is 0.104. The zero-order chi connectivity index (χ0) is 11.9. The monoisotopic (exact) mass is 237 g/mol. The van der Waals surface area contributed by atoms with Crippen LogP contribution in [0, 0.1) is 0 Å². The van der Waals surface area contributed by atoms with Crippen LogP contribution in [0.2, 0.25) is 0 Å². The Labute approximate surface area is 93.3 Å². The normalized spacial score (nSPS) is 16.3. The third-order valence-corrected chi connectivity index (χ3v) is 4.81. The van der Waals surface area contributed by atoms with E-state index in [9.17, 15) is 8.42 Å². The summed E-state index contributed by atoms with van der Waals surface area (Å²) in [6, 6.07) is 0.0388. The number of sulfone groups is 1. The van der Waals surface area contributed by atoms with Crippen molar-refractivity contribution in [3.63, 3.8) is 0 Å². The quantitative estimate of drug-likeness (QED) is 0.679. The van der Waals surface area contributed by atoms with Crippen LogP contribution >= 0.6 is 0 Å². The second-order valence-corrected chi connectivity index (χ2v) is 6.11. The van der Waals surface area contributed by atoms with Crippen LogP contribution in [-0.2, 0) is 14.6 Å². The molecule has 0 heterocycles. The summed E-state index contributed by atoms with van der Waals surface area (Å²) in [5, 5.41) is 2.85. The van der Waals surface area contributed by atoms with Crippen LogP contribution in [0.1, 0.15) is 27.2 Å². The van der Waals surface area contributed by atoms with Gasteiger partial charge in [-0.3, -0.25) is 0 Å². The molecule has 0 aliphatic rings. The molecule has 0 aromatic carbocycles. The minimum absolute atomic E-state index is 0.0388. The summed E-state index contributed by atoms with van der Waals surface area (Å²) in [6.07, 6.45) is 0.821. The molecule has 0 saturated heterocycles. The fourth-order valence-electron chi connectivity index (χ4n) is 1.54. The number of hydrogen-bond donors (Lipinski definition) is 1. The molecule has 0 spiro atoms. The van der Waals surface area contributed by atoms with Crippen LogP contribution in [0.25, 0.3) is 0 Å². The maximum Gasteiger partial charge on any atom is 0.156 e. The first kappa shape index (κ1) is 14.9. The van der Waals surface area contributed by atoms with Crippen LogP contribution in [-0.4, -0.2) is 45.7 Å². The van der Waals surface area contributed by atoms with Crippen molar-refractivity contribution in [2.45, 2.75) is 38.5 Å². The fourth-order valence-corrected chi connectivity index (χ4v) is 3.10. The predicted octanol–water partition coefficient (Wildman–Crippen LogP) is 0.824.